The van der Waals surface area contributed by atoms with Crippen molar-refractivity contribution in [2.75, 3.05) is 36.7 Å². The molecular weight excluding hydrogens is 588 g/mol. The summed E-state index contributed by atoms with van der Waals surface area (Å²) in [5.41, 5.74) is 3.51. The summed E-state index contributed by atoms with van der Waals surface area (Å²) in [5, 5.41) is 23.7. The van der Waals surface area contributed by atoms with Crippen molar-refractivity contribution < 1.29 is 19.1 Å². The Kier molecular flexibility index (Phi) is 9.29. The molecule has 0 amide bonds. The van der Waals surface area contributed by atoms with Gasteiger partial charge in [0.15, 0.2) is 16.6 Å². The summed E-state index contributed by atoms with van der Waals surface area (Å²) in [7, 11) is 1.84. The van der Waals surface area contributed by atoms with Gasteiger partial charge in [-0.15, -0.1) is 0 Å². The van der Waals surface area contributed by atoms with Gasteiger partial charge < -0.3 is 24.5 Å². The fourth-order valence-electron chi connectivity index (χ4n) is 4.39. The smallest absolute Gasteiger partial charge is 0.326 e. The maximum Gasteiger partial charge on any atom is 0.326 e. The van der Waals surface area contributed by atoms with Gasteiger partial charge in [-0.3, -0.25) is 0 Å². The molecule has 0 radical (unpaired) electrons. The molecule has 0 saturated carbocycles. The van der Waals surface area contributed by atoms with Crippen molar-refractivity contribution in [2.45, 2.75) is 17.6 Å². The number of hydrogen-bond donors (Lipinski definition) is 2. The number of carbonyl (C=O) groups is 1. The molecule has 0 unspecified atom stereocenters. The fourth-order valence-corrected chi connectivity index (χ4v) is 4.98. The molecule has 0 aliphatic rings. The van der Waals surface area contributed by atoms with Gasteiger partial charge in [0.2, 0.25) is 0 Å². The molecule has 0 aliphatic carbocycles. The van der Waals surface area contributed by atoms with E-state index in [9.17, 15) is 15.2 Å². The average Bonchev–Trinajstić information content (AvgIpc) is 3.43. The molecule has 10 nitrogen and oxygen atoms in total. The predicted octanol–water partition coefficient (Wildman–Crippen LogP) is 6.15. The lowest BCUT2D eigenvalue weighted by Gasteiger charge is -2.21. The normalized spacial score (nSPS) is 11.6. The van der Waals surface area contributed by atoms with Gasteiger partial charge in [-0.05, 0) is 42.2 Å². The molecule has 43 heavy (non-hydrogen) atoms. The van der Waals surface area contributed by atoms with Crippen molar-refractivity contribution in [1.82, 2.24) is 15.0 Å². The highest BCUT2D eigenvalue weighted by Crippen LogP contribution is 2.33. The van der Waals surface area contributed by atoms with Crippen molar-refractivity contribution in [2.24, 2.45) is 0 Å². The fraction of sp³-hybridized carbons (Fsp3) is 0.194. The number of aliphatic carboxylic acids is 1. The van der Waals surface area contributed by atoms with Crippen LogP contribution in [0.25, 0.3) is 22.4 Å². The Labute approximate surface area is 257 Å². The third-order valence-corrected chi connectivity index (χ3v) is 7.48. The molecular formula is C31H27ClN6O4S. The number of nitriles is 1. The molecule has 1 atom stereocenters. The van der Waals surface area contributed by atoms with Gasteiger partial charge in [-0.1, -0.05) is 65.8 Å². The second-order valence-electron chi connectivity index (χ2n) is 9.49. The number of anilines is 2. The van der Waals surface area contributed by atoms with Crippen LogP contribution < -0.4 is 15.0 Å². The van der Waals surface area contributed by atoms with E-state index in [1.165, 1.54) is 11.8 Å². The van der Waals surface area contributed by atoms with Crippen LogP contribution in [0.2, 0.25) is 5.02 Å². The third-order valence-electron chi connectivity index (χ3n) is 6.60. The van der Waals surface area contributed by atoms with Crippen molar-refractivity contribution in [1.29, 1.82) is 5.26 Å². The topological polar surface area (TPSA) is 137 Å². The van der Waals surface area contributed by atoms with Crippen LogP contribution in [0, 0.1) is 11.3 Å². The zero-order valence-corrected chi connectivity index (χ0v) is 24.9. The van der Waals surface area contributed by atoms with E-state index >= 15 is 0 Å². The summed E-state index contributed by atoms with van der Waals surface area (Å²) >= 11 is 7.80. The number of thioether (sulfide) groups is 1. The molecule has 3 aromatic carbocycles. The van der Waals surface area contributed by atoms with E-state index in [4.69, 9.17) is 20.8 Å². The number of nitrogens with one attached hydrogen (secondary N) is 1. The summed E-state index contributed by atoms with van der Waals surface area (Å²) in [6.45, 7) is 0.760. The second-order valence-corrected chi connectivity index (χ2v) is 10.7. The highest BCUT2D eigenvalue weighted by Gasteiger charge is 2.22. The van der Waals surface area contributed by atoms with Crippen molar-refractivity contribution >= 4 is 52.3 Å². The van der Waals surface area contributed by atoms with E-state index in [0.717, 1.165) is 5.56 Å². The van der Waals surface area contributed by atoms with Gasteiger partial charge in [-0.25, -0.2) is 14.8 Å². The molecule has 5 aromatic rings. The zero-order valence-electron chi connectivity index (χ0n) is 23.3. The van der Waals surface area contributed by atoms with Crippen LogP contribution in [0.15, 0.2) is 82.4 Å². The van der Waals surface area contributed by atoms with Gasteiger partial charge in [-0.2, -0.15) is 10.2 Å². The number of para-hydroxylation sites is 2. The zero-order chi connectivity index (χ0) is 30.3. The third kappa shape index (κ3) is 6.99. The first-order valence-electron chi connectivity index (χ1n) is 13.2. The minimum Gasteiger partial charge on any atom is -0.492 e. The number of aromatic nitrogens is 3. The number of ether oxygens (including phenoxy) is 1. The summed E-state index contributed by atoms with van der Waals surface area (Å²) < 4.78 is 11.6. The molecule has 2 N–H and O–H groups in total. The number of carboxylic acids is 1. The van der Waals surface area contributed by atoms with Crippen LogP contribution in [0.5, 0.6) is 5.75 Å². The number of fused-ring (bicyclic) bond motifs is 1. The Morgan fingerprint density at radius 1 is 1.12 bits per heavy atom. The molecule has 0 bridgehead atoms. The monoisotopic (exact) mass is 614 g/mol. The number of benzene rings is 3. The maximum absolute atomic E-state index is 11.9. The Bertz CT molecular complexity index is 1760. The van der Waals surface area contributed by atoms with E-state index in [0.29, 0.717) is 62.8 Å². The predicted molar refractivity (Wildman–Crippen MR) is 167 cm³/mol. The Morgan fingerprint density at radius 3 is 2.56 bits per heavy atom. The molecule has 2 heterocycles. The summed E-state index contributed by atoms with van der Waals surface area (Å²) in [5.74, 6) is 0.0944. The van der Waals surface area contributed by atoms with Crippen LogP contribution in [0.4, 0.5) is 11.8 Å². The second kappa shape index (κ2) is 13.5. The van der Waals surface area contributed by atoms with Crippen LogP contribution in [0.1, 0.15) is 11.1 Å². The lowest BCUT2D eigenvalue weighted by molar-refractivity contribution is -0.137. The quantitative estimate of drug-likeness (QED) is 0.123. The maximum atomic E-state index is 11.9. The number of nitrogens with zero attached hydrogens (tertiary/aromatic N) is 5. The number of likely N-dealkylation sites (N-methyl/N-ethyl adjacent to an activating group) is 1. The molecule has 2 aromatic heterocycles. The molecule has 5 rings (SSSR count). The molecule has 0 aliphatic heterocycles. The summed E-state index contributed by atoms with van der Waals surface area (Å²) in [6.07, 6.45) is 2.09. The SMILES string of the molecule is CSc1nc(-c2ccccc2Cl)c(C#N)c(N(C)CCOc2ccc(C[C@H](Nc3nc4ccccc4o3)C(=O)O)cc2)n1. The van der Waals surface area contributed by atoms with Crippen LogP contribution in [-0.4, -0.2) is 58.5 Å². The lowest BCUT2D eigenvalue weighted by atomic mass is 10.1. The Morgan fingerprint density at radius 2 is 1.86 bits per heavy atom. The lowest BCUT2D eigenvalue weighted by Crippen LogP contribution is -2.31. The van der Waals surface area contributed by atoms with Gasteiger partial charge in [0, 0.05) is 19.0 Å². The van der Waals surface area contributed by atoms with E-state index in [1.807, 2.05) is 60.7 Å². The van der Waals surface area contributed by atoms with Gasteiger partial charge in [0.1, 0.15) is 35.5 Å². The standard InChI is InChI=1S/C31H27ClN6O4S/c1-38(28-22(18-33)27(36-31(37-28)43-2)21-7-3-4-8-23(21)32)15-16-41-20-13-11-19(12-14-20)17-25(29(39)40)35-30-34-24-9-5-6-10-26(24)42-30/h3-14,25H,15-17H2,1-2H3,(H,34,35)(H,39,40)/t25-/m0/s1. The minimum atomic E-state index is -1.02. The Hall–Kier alpha value is -4.79. The van der Waals surface area contributed by atoms with Crippen LogP contribution >= 0.6 is 23.4 Å². The molecule has 218 valence electrons. The number of hydrogen-bond acceptors (Lipinski definition) is 10. The van der Waals surface area contributed by atoms with Crippen LogP contribution in [0.3, 0.4) is 0 Å². The number of oxazole rings is 1. The number of halogens is 1. The molecule has 0 spiro atoms. The number of carboxylic acid groups (broad SMARTS) is 1. The largest absolute Gasteiger partial charge is 0.492 e. The average molecular weight is 615 g/mol. The van der Waals surface area contributed by atoms with Crippen LogP contribution in [-0.2, 0) is 11.2 Å². The van der Waals surface area contributed by atoms with Crippen molar-refractivity contribution in [3.8, 4) is 23.1 Å². The van der Waals surface area contributed by atoms with E-state index in [1.54, 1.807) is 30.3 Å². The molecule has 12 heteroatoms. The van der Waals surface area contributed by atoms with Gasteiger partial charge >= 0.3 is 5.97 Å². The first-order valence-corrected chi connectivity index (χ1v) is 14.9. The number of rotatable bonds is 12. The van der Waals surface area contributed by atoms with Crippen molar-refractivity contribution in [3.63, 3.8) is 0 Å². The highest BCUT2D eigenvalue weighted by molar-refractivity contribution is 7.98. The first-order chi connectivity index (χ1) is 20.9. The first kappa shape index (κ1) is 29.7. The van der Waals surface area contributed by atoms with Gasteiger partial charge in [0.05, 0.1) is 17.3 Å². The van der Waals surface area contributed by atoms with E-state index in [-0.39, 0.29) is 12.4 Å². The molecule has 0 saturated heterocycles. The van der Waals surface area contributed by atoms with E-state index < -0.39 is 12.0 Å². The summed E-state index contributed by atoms with van der Waals surface area (Å²) in [4.78, 5) is 27.2. The van der Waals surface area contributed by atoms with Gasteiger partial charge in [0.25, 0.3) is 6.01 Å². The molecule has 0 fully saturated rings. The Balaban J connectivity index is 1.22. The minimum absolute atomic E-state index is 0.157. The van der Waals surface area contributed by atoms with Crippen molar-refractivity contribution in [3.05, 3.63) is 88.9 Å². The summed E-state index contributed by atoms with van der Waals surface area (Å²) in [6, 6.07) is 23.2. The highest BCUT2D eigenvalue weighted by atomic mass is 35.5. The van der Waals surface area contributed by atoms with E-state index in [2.05, 4.69) is 26.3 Å².